The third kappa shape index (κ3) is 7.19. The van der Waals surface area contributed by atoms with Gasteiger partial charge in [0, 0.05) is 5.57 Å². The summed E-state index contributed by atoms with van der Waals surface area (Å²) in [6, 6.07) is 0. The van der Waals surface area contributed by atoms with E-state index in [1.807, 2.05) is 0 Å². The van der Waals surface area contributed by atoms with E-state index in [0.29, 0.717) is 17.6 Å². The lowest BCUT2D eigenvalue weighted by Gasteiger charge is -2.34. The van der Waals surface area contributed by atoms with Crippen molar-refractivity contribution in [3.05, 3.63) is 12.2 Å². The van der Waals surface area contributed by atoms with Crippen molar-refractivity contribution in [2.45, 2.75) is 60.8 Å². The molecule has 2 nitrogen and oxygen atoms in total. The number of hydrogen-bond donors (Lipinski definition) is 0. The van der Waals surface area contributed by atoms with Crippen molar-refractivity contribution in [2.24, 2.45) is 10.8 Å². The lowest BCUT2D eigenvalue weighted by atomic mass is 9.73. The molecule has 0 aromatic carbocycles. The molecule has 0 aromatic rings. The zero-order chi connectivity index (χ0) is 13.7. The van der Waals surface area contributed by atoms with E-state index in [1.54, 1.807) is 6.92 Å². The van der Waals surface area contributed by atoms with Gasteiger partial charge in [0.15, 0.2) is 0 Å². The Balaban J connectivity index is 4.29. The molecule has 0 heterocycles. The topological polar surface area (TPSA) is 26.3 Å². The standard InChI is InChI=1S/C15H28O2/c1-8-9-14(4,5)10-15(6,7)11-17-13(16)12(2)3/h2,8-11H2,1,3-7H3. The average molecular weight is 240 g/mol. The summed E-state index contributed by atoms with van der Waals surface area (Å²) in [5.74, 6) is -0.286. The van der Waals surface area contributed by atoms with Crippen LogP contribution in [0, 0.1) is 10.8 Å². The smallest absolute Gasteiger partial charge is 0.333 e. The number of ether oxygens (including phenoxy) is 1. The van der Waals surface area contributed by atoms with Gasteiger partial charge in [0.25, 0.3) is 0 Å². The van der Waals surface area contributed by atoms with Crippen LogP contribution in [0.2, 0.25) is 0 Å². The molecule has 100 valence electrons. The van der Waals surface area contributed by atoms with Gasteiger partial charge in [-0.15, -0.1) is 0 Å². The van der Waals surface area contributed by atoms with Gasteiger partial charge in [-0.1, -0.05) is 47.6 Å². The number of carbonyl (C=O) groups excluding carboxylic acids is 1. The lowest BCUT2D eigenvalue weighted by molar-refractivity contribution is -0.142. The van der Waals surface area contributed by atoms with Gasteiger partial charge in [-0.05, 0) is 30.6 Å². The van der Waals surface area contributed by atoms with Crippen molar-refractivity contribution in [3.8, 4) is 0 Å². The van der Waals surface area contributed by atoms with E-state index in [4.69, 9.17) is 4.74 Å². The first-order valence-electron chi connectivity index (χ1n) is 6.42. The average Bonchev–Trinajstić information content (AvgIpc) is 2.11. The Labute approximate surface area is 106 Å². The van der Waals surface area contributed by atoms with Crippen molar-refractivity contribution in [1.82, 2.24) is 0 Å². The molecule has 0 atom stereocenters. The van der Waals surface area contributed by atoms with Crippen molar-refractivity contribution in [1.29, 1.82) is 0 Å². The Bertz CT molecular complexity index is 275. The number of esters is 1. The Morgan fingerprint density at radius 1 is 1.18 bits per heavy atom. The van der Waals surface area contributed by atoms with Crippen LogP contribution < -0.4 is 0 Å². The van der Waals surface area contributed by atoms with Crippen molar-refractivity contribution < 1.29 is 9.53 Å². The van der Waals surface area contributed by atoms with Gasteiger partial charge >= 0.3 is 5.97 Å². The molecule has 0 spiro atoms. The highest BCUT2D eigenvalue weighted by Crippen LogP contribution is 2.37. The normalized spacial score (nSPS) is 12.4. The molecule has 0 unspecified atom stereocenters. The molecule has 0 fully saturated rings. The summed E-state index contributed by atoms with van der Waals surface area (Å²) in [7, 11) is 0. The Morgan fingerprint density at radius 2 is 1.71 bits per heavy atom. The van der Waals surface area contributed by atoms with Crippen LogP contribution in [0.5, 0.6) is 0 Å². The highest BCUT2D eigenvalue weighted by Gasteiger charge is 2.29. The second kappa shape index (κ2) is 6.23. The molecule has 0 N–H and O–H groups in total. The van der Waals surface area contributed by atoms with Gasteiger partial charge in [-0.2, -0.15) is 0 Å². The second-order valence-corrected chi connectivity index (χ2v) is 6.61. The molecule has 0 saturated heterocycles. The van der Waals surface area contributed by atoms with E-state index in [1.165, 1.54) is 12.8 Å². The predicted octanol–water partition coefficient (Wildman–Crippen LogP) is 4.35. The fourth-order valence-electron chi connectivity index (χ4n) is 2.50. The molecule has 0 amide bonds. The summed E-state index contributed by atoms with van der Waals surface area (Å²) in [5, 5.41) is 0. The van der Waals surface area contributed by atoms with Gasteiger partial charge in [0.05, 0.1) is 6.61 Å². The largest absolute Gasteiger partial charge is 0.462 e. The summed E-state index contributed by atoms with van der Waals surface area (Å²) < 4.78 is 5.25. The fourth-order valence-corrected chi connectivity index (χ4v) is 2.50. The molecule has 0 aromatic heterocycles. The van der Waals surface area contributed by atoms with Gasteiger partial charge in [-0.25, -0.2) is 4.79 Å². The van der Waals surface area contributed by atoms with Gasteiger partial charge in [0.2, 0.25) is 0 Å². The van der Waals surface area contributed by atoms with Gasteiger partial charge in [-0.3, -0.25) is 0 Å². The summed E-state index contributed by atoms with van der Waals surface area (Å²) in [6.07, 6.45) is 3.44. The molecule has 0 radical (unpaired) electrons. The van der Waals surface area contributed by atoms with Crippen molar-refractivity contribution >= 4 is 5.97 Å². The number of rotatable bonds is 7. The molecule has 0 rings (SSSR count). The zero-order valence-corrected chi connectivity index (χ0v) is 12.4. The third-order valence-electron chi connectivity index (χ3n) is 2.83. The Kier molecular flexibility index (Phi) is 5.94. The zero-order valence-electron chi connectivity index (χ0n) is 12.4. The van der Waals surface area contributed by atoms with Crippen molar-refractivity contribution in [3.63, 3.8) is 0 Å². The summed E-state index contributed by atoms with van der Waals surface area (Å²) >= 11 is 0. The van der Waals surface area contributed by atoms with Crippen LogP contribution in [-0.4, -0.2) is 12.6 Å². The summed E-state index contributed by atoms with van der Waals surface area (Å²) in [5.41, 5.74) is 0.783. The highest BCUT2D eigenvalue weighted by atomic mass is 16.5. The molecular weight excluding hydrogens is 212 g/mol. The van der Waals surface area contributed by atoms with E-state index in [9.17, 15) is 4.79 Å². The summed E-state index contributed by atoms with van der Waals surface area (Å²) in [4.78, 5) is 11.4. The highest BCUT2D eigenvalue weighted by molar-refractivity contribution is 5.86. The quantitative estimate of drug-likeness (QED) is 0.488. The lowest BCUT2D eigenvalue weighted by Crippen LogP contribution is -2.28. The first-order valence-corrected chi connectivity index (χ1v) is 6.42. The summed E-state index contributed by atoms with van der Waals surface area (Å²) in [6.45, 7) is 16.8. The molecule has 0 saturated carbocycles. The minimum atomic E-state index is -0.286. The van der Waals surface area contributed by atoms with E-state index in [0.717, 1.165) is 6.42 Å². The third-order valence-corrected chi connectivity index (χ3v) is 2.83. The van der Waals surface area contributed by atoms with Gasteiger partial charge < -0.3 is 4.74 Å². The van der Waals surface area contributed by atoms with Gasteiger partial charge in [0.1, 0.15) is 0 Å². The molecule has 0 aliphatic rings. The van der Waals surface area contributed by atoms with Crippen LogP contribution in [-0.2, 0) is 9.53 Å². The van der Waals surface area contributed by atoms with E-state index in [-0.39, 0.29) is 11.4 Å². The molecule has 0 aliphatic heterocycles. The molecule has 17 heavy (non-hydrogen) atoms. The van der Waals surface area contributed by atoms with E-state index < -0.39 is 0 Å². The fraction of sp³-hybridized carbons (Fsp3) is 0.800. The molecule has 2 heteroatoms. The van der Waals surface area contributed by atoms with Crippen LogP contribution in [0.3, 0.4) is 0 Å². The van der Waals surface area contributed by atoms with Crippen molar-refractivity contribution in [2.75, 3.05) is 6.61 Å². The van der Waals surface area contributed by atoms with E-state index in [2.05, 4.69) is 41.2 Å². The number of carbonyl (C=O) groups is 1. The Hall–Kier alpha value is -0.790. The number of hydrogen-bond acceptors (Lipinski definition) is 2. The minimum Gasteiger partial charge on any atom is -0.462 e. The van der Waals surface area contributed by atoms with Crippen LogP contribution in [0.15, 0.2) is 12.2 Å². The maximum Gasteiger partial charge on any atom is 0.333 e. The Morgan fingerprint density at radius 3 is 2.12 bits per heavy atom. The monoisotopic (exact) mass is 240 g/mol. The van der Waals surface area contributed by atoms with E-state index >= 15 is 0 Å². The van der Waals surface area contributed by atoms with Crippen LogP contribution >= 0.6 is 0 Å². The first kappa shape index (κ1) is 16.2. The molecule has 0 bridgehead atoms. The van der Waals surface area contributed by atoms with Crippen LogP contribution in [0.25, 0.3) is 0 Å². The van der Waals surface area contributed by atoms with Crippen LogP contribution in [0.1, 0.15) is 60.8 Å². The predicted molar refractivity (Wildman–Crippen MR) is 72.9 cm³/mol. The minimum absolute atomic E-state index is 0.0176. The molecule has 0 aliphatic carbocycles. The maximum atomic E-state index is 11.4. The maximum absolute atomic E-state index is 11.4. The second-order valence-electron chi connectivity index (χ2n) is 6.61. The SMILES string of the molecule is C=C(C)C(=O)OCC(C)(C)CC(C)(C)CCC. The molecular formula is C15H28O2. The first-order chi connectivity index (χ1) is 7.59. The van der Waals surface area contributed by atoms with Crippen LogP contribution in [0.4, 0.5) is 0 Å².